The van der Waals surface area contributed by atoms with Crippen molar-refractivity contribution < 1.29 is 9.53 Å². The Hall–Kier alpha value is -3.43. The van der Waals surface area contributed by atoms with Crippen LogP contribution in [0.25, 0.3) is 5.65 Å². The van der Waals surface area contributed by atoms with Gasteiger partial charge in [-0.3, -0.25) is 4.79 Å². The minimum Gasteiger partial charge on any atom is -0.459 e. The van der Waals surface area contributed by atoms with Gasteiger partial charge in [0.2, 0.25) is 5.91 Å². The Morgan fingerprint density at radius 1 is 1.10 bits per heavy atom. The molecule has 1 fully saturated rings. The zero-order valence-corrected chi connectivity index (χ0v) is 25.5. The van der Waals surface area contributed by atoms with Crippen molar-refractivity contribution in [1.82, 2.24) is 29.5 Å². The summed E-state index contributed by atoms with van der Waals surface area (Å²) in [6.45, 7) is 19.9. The molecular formula is C30H46N8O2. The number of aryl methyl sites for hydroxylation is 1. The third kappa shape index (κ3) is 6.82. The highest BCUT2D eigenvalue weighted by Crippen LogP contribution is 2.35. The summed E-state index contributed by atoms with van der Waals surface area (Å²) in [5.41, 5.74) is 9.46. The van der Waals surface area contributed by atoms with E-state index in [0.29, 0.717) is 31.0 Å². The minimum absolute atomic E-state index is 0.00295. The molecular weight excluding hydrogens is 504 g/mol. The number of hydrogen-bond acceptors (Lipinski definition) is 8. The predicted octanol–water partition coefficient (Wildman–Crippen LogP) is 4.68. The molecule has 4 rings (SSSR count). The highest BCUT2D eigenvalue weighted by molar-refractivity contribution is 5.82. The van der Waals surface area contributed by atoms with E-state index in [9.17, 15) is 4.79 Å². The maximum atomic E-state index is 13.3. The second-order valence-corrected chi connectivity index (χ2v) is 13.0. The molecule has 4 heterocycles. The fourth-order valence-electron chi connectivity index (χ4n) is 5.96. The first-order valence-electron chi connectivity index (χ1n) is 14.4. The largest absolute Gasteiger partial charge is 0.459 e. The molecule has 0 aliphatic carbocycles. The topological polar surface area (TPSA) is 115 Å². The van der Waals surface area contributed by atoms with Gasteiger partial charge in [-0.15, -0.1) is 5.10 Å². The molecule has 10 nitrogen and oxygen atoms in total. The van der Waals surface area contributed by atoms with Crippen molar-refractivity contribution in [2.45, 2.75) is 87.2 Å². The first-order valence-corrected chi connectivity index (χ1v) is 14.4. The van der Waals surface area contributed by atoms with Gasteiger partial charge in [-0.2, -0.15) is 4.98 Å². The van der Waals surface area contributed by atoms with Gasteiger partial charge in [-0.1, -0.05) is 54.0 Å². The van der Waals surface area contributed by atoms with E-state index in [4.69, 9.17) is 15.5 Å². The molecule has 0 bridgehead atoms. The number of rotatable bonds is 9. The molecule has 1 atom stereocenters. The van der Waals surface area contributed by atoms with E-state index < -0.39 is 0 Å². The number of fused-ring (bicyclic) bond motifs is 1. The van der Waals surface area contributed by atoms with Gasteiger partial charge >= 0.3 is 6.01 Å². The van der Waals surface area contributed by atoms with E-state index in [0.717, 1.165) is 55.0 Å². The number of carbonyl (C=O) groups is 1. The fraction of sp³-hybridized carbons (Fsp3) is 0.633. The van der Waals surface area contributed by atoms with Crippen LogP contribution < -0.4 is 15.4 Å². The molecule has 10 heteroatoms. The van der Waals surface area contributed by atoms with E-state index in [1.54, 1.807) is 10.7 Å². The molecule has 0 radical (unpaired) electrons. The van der Waals surface area contributed by atoms with Gasteiger partial charge in [0.05, 0.1) is 18.0 Å². The monoisotopic (exact) mass is 550 g/mol. The summed E-state index contributed by atoms with van der Waals surface area (Å²) in [5, 5.41) is 4.57. The van der Waals surface area contributed by atoms with Crippen molar-refractivity contribution in [1.29, 1.82) is 0 Å². The van der Waals surface area contributed by atoms with Gasteiger partial charge in [-0.05, 0) is 43.2 Å². The number of hydrogen-bond donors (Lipinski definition) is 1. The first kappa shape index (κ1) is 29.6. The van der Waals surface area contributed by atoms with Crippen LogP contribution in [0.3, 0.4) is 0 Å². The van der Waals surface area contributed by atoms with Gasteiger partial charge < -0.3 is 20.3 Å². The Morgan fingerprint density at radius 3 is 2.42 bits per heavy atom. The smallest absolute Gasteiger partial charge is 0.336 e. The highest BCUT2D eigenvalue weighted by Gasteiger charge is 2.37. The number of piperazine rings is 1. The number of pyridine rings is 1. The van der Waals surface area contributed by atoms with Crippen molar-refractivity contribution in [3.8, 4) is 6.01 Å². The number of carbonyl (C=O) groups excluding carboxylic acids is 1. The van der Waals surface area contributed by atoms with E-state index in [2.05, 4.69) is 74.5 Å². The number of amides is 1. The second-order valence-electron chi connectivity index (χ2n) is 13.0. The normalized spacial score (nSPS) is 15.5. The summed E-state index contributed by atoms with van der Waals surface area (Å²) in [5.74, 6) is 1.51. The molecule has 0 saturated carbocycles. The van der Waals surface area contributed by atoms with Crippen LogP contribution in [0.15, 0.2) is 18.5 Å². The molecule has 1 amide bonds. The third-order valence-electron chi connectivity index (χ3n) is 7.35. The van der Waals surface area contributed by atoms with Gasteiger partial charge in [0.1, 0.15) is 5.82 Å². The number of nitrogen functional groups attached to an aromatic ring is 1. The molecule has 0 spiro atoms. The number of nitrogens with two attached hydrogens (primary N) is 1. The number of imidazole rings is 1. The molecule has 1 unspecified atom stereocenters. The molecule has 1 saturated heterocycles. The lowest BCUT2D eigenvalue weighted by molar-refractivity contribution is -0.142. The van der Waals surface area contributed by atoms with E-state index in [-0.39, 0.29) is 28.9 Å². The van der Waals surface area contributed by atoms with Crippen molar-refractivity contribution in [2.75, 3.05) is 36.8 Å². The van der Waals surface area contributed by atoms with Crippen LogP contribution in [-0.4, -0.2) is 67.7 Å². The maximum absolute atomic E-state index is 13.3. The number of anilines is 2. The Labute approximate surface area is 238 Å². The van der Waals surface area contributed by atoms with Crippen molar-refractivity contribution in [3.05, 3.63) is 35.3 Å². The summed E-state index contributed by atoms with van der Waals surface area (Å²) in [7, 11) is 0. The fourth-order valence-corrected chi connectivity index (χ4v) is 5.96. The first-order chi connectivity index (χ1) is 18.8. The summed E-state index contributed by atoms with van der Waals surface area (Å²) >= 11 is 0. The van der Waals surface area contributed by atoms with Crippen LogP contribution in [0.5, 0.6) is 6.01 Å². The Bertz CT molecular complexity index is 1340. The molecule has 2 N–H and O–H groups in total. The lowest BCUT2D eigenvalue weighted by Gasteiger charge is -2.41. The third-order valence-corrected chi connectivity index (χ3v) is 7.35. The van der Waals surface area contributed by atoms with Crippen molar-refractivity contribution in [2.24, 2.45) is 10.8 Å². The van der Waals surface area contributed by atoms with Gasteiger partial charge in [0.15, 0.2) is 11.5 Å². The zero-order valence-electron chi connectivity index (χ0n) is 25.5. The van der Waals surface area contributed by atoms with Gasteiger partial charge in [0, 0.05) is 44.2 Å². The standard InChI is InChI=1S/C30H46N8O2/c1-9-10-21(3)40-28-34-24(31)26-33-18-23(38(26)35-28)16-22-15-20(2)25(32-17-22)36-11-13-37(14-12-36)27(39)30(7,8)19-29(4,5)6/h15,17-18,21H,9-14,16,19H2,1-8H3,(H2,31,34,35). The van der Waals surface area contributed by atoms with Gasteiger partial charge in [0.25, 0.3) is 0 Å². The lowest BCUT2D eigenvalue weighted by atomic mass is 9.75. The van der Waals surface area contributed by atoms with Gasteiger partial charge in [-0.25, -0.2) is 14.5 Å². The lowest BCUT2D eigenvalue weighted by Crippen LogP contribution is -2.53. The molecule has 218 valence electrons. The van der Waals surface area contributed by atoms with Crippen LogP contribution in [0, 0.1) is 17.8 Å². The van der Waals surface area contributed by atoms with Crippen LogP contribution in [-0.2, 0) is 11.2 Å². The molecule has 1 aliphatic rings. The zero-order chi connectivity index (χ0) is 29.2. The van der Waals surface area contributed by atoms with E-state index in [1.807, 2.05) is 18.0 Å². The van der Waals surface area contributed by atoms with Crippen molar-refractivity contribution in [3.63, 3.8) is 0 Å². The molecule has 3 aromatic heterocycles. The highest BCUT2D eigenvalue weighted by atomic mass is 16.5. The van der Waals surface area contributed by atoms with Crippen LogP contribution >= 0.6 is 0 Å². The summed E-state index contributed by atoms with van der Waals surface area (Å²) in [6.07, 6.45) is 7.08. The molecule has 0 aromatic carbocycles. The molecule has 40 heavy (non-hydrogen) atoms. The maximum Gasteiger partial charge on any atom is 0.336 e. The summed E-state index contributed by atoms with van der Waals surface area (Å²) in [4.78, 5) is 31.1. The average Bonchev–Trinajstić information content (AvgIpc) is 3.25. The number of aromatic nitrogens is 5. The predicted molar refractivity (Wildman–Crippen MR) is 159 cm³/mol. The molecule has 3 aromatic rings. The number of nitrogens with zero attached hydrogens (tertiary/aromatic N) is 7. The minimum atomic E-state index is -0.371. The Balaban J connectivity index is 1.43. The second kappa shape index (κ2) is 11.6. The van der Waals surface area contributed by atoms with E-state index in [1.165, 1.54) is 0 Å². The number of ether oxygens (including phenoxy) is 1. The SMILES string of the molecule is CCCC(C)Oc1nc(N)c2ncc(Cc3cnc(N4CCN(C(=O)C(C)(C)CC(C)(C)C)CC4)c(C)c3)n2n1. The Morgan fingerprint density at radius 2 is 1.80 bits per heavy atom. The quantitative estimate of drug-likeness (QED) is 0.408. The average molecular weight is 551 g/mol. The van der Waals surface area contributed by atoms with Crippen LogP contribution in [0.4, 0.5) is 11.6 Å². The van der Waals surface area contributed by atoms with Crippen LogP contribution in [0.1, 0.15) is 84.5 Å². The summed E-state index contributed by atoms with van der Waals surface area (Å²) in [6, 6.07) is 2.42. The van der Waals surface area contributed by atoms with Crippen molar-refractivity contribution >= 4 is 23.2 Å². The van der Waals surface area contributed by atoms with E-state index >= 15 is 0 Å². The molecule has 1 aliphatic heterocycles. The Kier molecular flexibility index (Phi) is 8.56. The van der Waals surface area contributed by atoms with Crippen LogP contribution in [0.2, 0.25) is 0 Å². The summed E-state index contributed by atoms with van der Waals surface area (Å²) < 4.78 is 7.61.